The standard InChI is InChI=1S/C16H18ClN3O.2ClH/c1-10-7-14(13-8-11(17)4-5-15(13)19-10)16(21)20-6-2-3-12(18)9-20;;/h4-5,7-8,12H,2-3,6,9,18H2,1H3;2*1H. The number of nitrogens with two attached hydrogens (primary N) is 1. The van der Waals surface area contributed by atoms with Gasteiger partial charge in [-0.1, -0.05) is 11.6 Å². The number of carbonyl (C=O) groups excluding carboxylic acids is 1. The average molecular weight is 377 g/mol. The van der Waals surface area contributed by atoms with E-state index in [1.165, 1.54) is 0 Å². The maximum Gasteiger partial charge on any atom is 0.254 e. The number of carbonyl (C=O) groups is 1. The van der Waals surface area contributed by atoms with E-state index in [4.69, 9.17) is 17.3 Å². The molecule has 0 aliphatic carbocycles. The third-order valence-corrected chi connectivity index (χ3v) is 4.11. The number of aromatic nitrogens is 1. The molecule has 0 saturated carbocycles. The summed E-state index contributed by atoms with van der Waals surface area (Å²) in [5.41, 5.74) is 8.27. The topological polar surface area (TPSA) is 59.2 Å². The normalized spacial score (nSPS) is 17.3. The smallest absolute Gasteiger partial charge is 0.254 e. The van der Waals surface area contributed by atoms with Gasteiger partial charge in [0.05, 0.1) is 11.1 Å². The Hall–Kier alpha value is -1.07. The molecule has 2 N–H and O–H groups in total. The predicted octanol–water partition coefficient (Wildman–Crippen LogP) is 3.60. The van der Waals surface area contributed by atoms with Gasteiger partial charge < -0.3 is 10.6 Å². The molecular formula is C16H20Cl3N3O. The first-order valence-corrected chi connectivity index (χ1v) is 7.54. The van der Waals surface area contributed by atoms with Gasteiger partial charge in [-0.25, -0.2) is 0 Å². The average Bonchev–Trinajstić information content (AvgIpc) is 2.46. The van der Waals surface area contributed by atoms with E-state index in [0.29, 0.717) is 17.1 Å². The molecule has 0 radical (unpaired) electrons. The third kappa shape index (κ3) is 4.27. The van der Waals surface area contributed by atoms with Gasteiger partial charge >= 0.3 is 0 Å². The summed E-state index contributed by atoms with van der Waals surface area (Å²) >= 11 is 6.07. The van der Waals surface area contributed by atoms with Crippen molar-refractivity contribution in [2.24, 2.45) is 5.73 Å². The van der Waals surface area contributed by atoms with Crippen molar-refractivity contribution >= 4 is 53.2 Å². The largest absolute Gasteiger partial charge is 0.337 e. The van der Waals surface area contributed by atoms with Crippen LogP contribution in [0.5, 0.6) is 0 Å². The zero-order valence-electron chi connectivity index (χ0n) is 12.8. The lowest BCUT2D eigenvalue weighted by Crippen LogP contribution is -2.45. The molecule has 1 aliphatic heterocycles. The van der Waals surface area contributed by atoms with Crippen LogP contribution in [0.1, 0.15) is 28.9 Å². The number of piperidine rings is 1. The lowest BCUT2D eigenvalue weighted by Gasteiger charge is -2.31. The molecule has 126 valence electrons. The Morgan fingerprint density at radius 1 is 1.35 bits per heavy atom. The van der Waals surface area contributed by atoms with Crippen molar-refractivity contribution in [3.8, 4) is 0 Å². The van der Waals surface area contributed by atoms with E-state index in [1.54, 1.807) is 12.1 Å². The van der Waals surface area contributed by atoms with Gasteiger partial charge in [-0.2, -0.15) is 0 Å². The van der Waals surface area contributed by atoms with Crippen molar-refractivity contribution in [2.75, 3.05) is 13.1 Å². The molecule has 7 heteroatoms. The van der Waals surface area contributed by atoms with Gasteiger partial charge in [0.25, 0.3) is 5.91 Å². The third-order valence-electron chi connectivity index (χ3n) is 3.87. The Morgan fingerprint density at radius 2 is 2.09 bits per heavy atom. The summed E-state index contributed by atoms with van der Waals surface area (Å²) in [6, 6.07) is 7.35. The van der Waals surface area contributed by atoms with E-state index in [9.17, 15) is 4.79 Å². The fourth-order valence-corrected chi connectivity index (χ4v) is 3.04. The molecule has 2 heterocycles. The summed E-state index contributed by atoms with van der Waals surface area (Å²) in [6.07, 6.45) is 1.93. The first kappa shape index (κ1) is 20.0. The number of benzene rings is 1. The second-order valence-corrected chi connectivity index (χ2v) is 6.06. The molecular weight excluding hydrogens is 357 g/mol. The van der Waals surface area contributed by atoms with Crippen LogP contribution in [0.15, 0.2) is 24.3 Å². The van der Waals surface area contributed by atoms with Crippen molar-refractivity contribution in [1.29, 1.82) is 0 Å². The van der Waals surface area contributed by atoms with Gasteiger partial charge in [0.1, 0.15) is 0 Å². The van der Waals surface area contributed by atoms with Gasteiger partial charge in [0.2, 0.25) is 0 Å². The molecule has 1 amide bonds. The minimum atomic E-state index is 0. The molecule has 1 aromatic heterocycles. The number of hydrogen-bond donors (Lipinski definition) is 1. The van der Waals surface area contributed by atoms with E-state index in [0.717, 1.165) is 36.0 Å². The Morgan fingerprint density at radius 3 is 2.78 bits per heavy atom. The van der Waals surface area contributed by atoms with Crippen LogP contribution in [0.4, 0.5) is 0 Å². The van der Waals surface area contributed by atoms with Crippen LogP contribution in [-0.4, -0.2) is 34.9 Å². The number of halogens is 3. The van der Waals surface area contributed by atoms with Crippen molar-refractivity contribution in [2.45, 2.75) is 25.8 Å². The lowest BCUT2D eigenvalue weighted by atomic mass is 10.0. The second-order valence-electron chi connectivity index (χ2n) is 5.63. The Labute approximate surface area is 153 Å². The van der Waals surface area contributed by atoms with Gasteiger partial charge in [-0.3, -0.25) is 9.78 Å². The molecule has 1 aliphatic rings. The highest BCUT2D eigenvalue weighted by Gasteiger charge is 2.24. The summed E-state index contributed by atoms with van der Waals surface area (Å²) in [5.74, 6) is 0.0166. The highest BCUT2D eigenvalue weighted by atomic mass is 35.5. The molecule has 1 atom stereocenters. The minimum Gasteiger partial charge on any atom is -0.337 e. The lowest BCUT2D eigenvalue weighted by molar-refractivity contribution is 0.0710. The Kier molecular flexibility index (Phi) is 7.08. The van der Waals surface area contributed by atoms with Crippen LogP contribution in [0.2, 0.25) is 5.02 Å². The summed E-state index contributed by atoms with van der Waals surface area (Å²) in [6.45, 7) is 3.27. The van der Waals surface area contributed by atoms with Crippen molar-refractivity contribution in [3.05, 3.63) is 40.5 Å². The number of likely N-dealkylation sites (tertiary alicyclic amines) is 1. The van der Waals surface area contributed by atoms with Crippen LogP contribution in [0, 0.1) is 6.92 Å². The van der Waals surface area contributed by atoms with Crippen LogP contribution in [0.25, 0.3) is 10.9 Å². The Bertz CT molecular complexity index is 708. The number of aryl methyl sites for hydroxylation is 1. The number of pyridine rings is 1. The van der Waals surface area contributed by atoms with Crippen LogP contribution >= 0.6 is 36.4 Å². The van der Waals surface area contributed by atoms with Gasteiger partial charge in [0.15, 0.2) is 0 Å². The van der Waals surface area contributed by atoms with Crippen molar-refractivity contribution in [1.82, 2.24) is 9.88 Å². The van der Waals surface area contributed by atoms with Crippen molar-refractivity contribution in [3.63, 3.8) is 0 Å². The number of fused-ring (bicyclic) bond motifs is 1. The maximum absolute atomic E-state index is 12.8. The van der Waals surface area contributed by atoms with E-state index in [1.807, 2.05) is 24.0 Å². The number of amides is 1. The van der Waals surface area contributed by atoms with Crippen LogP contribution in [-0.2, 0) is 0 Å². The van der Waals surface area contributed by atoms with Gasteiger partial charge in [-0.15, -0.1) is 24.8 Å². The highest BCUT2D eigenvalue weighted by Crippen LogP contribution is 2.24. The molecule has 4 nitrogen and oxygen atoms in total. The molecule has 0 bridgehead atoms. The molecule has 1 saturated heterocycles. The zero-order valence-corrected chi connectivity index (χ0v) is 15.2. The summed E-state index contributed by atoms with van der Waals surface area (Å²) in [4.78, 5) is 19.1. The van der Waals surface area contributed by atoms with Crippen molar-refractivity contribution < 1.29 is 4.79 Å². The number of rotatable bonds is 1. The summed E-state index contributed by atoms with van der Waals surface area (Å²) in [7, 11) is 0. The quantitative estimate of drug-likeness (QED) is 0.827. The molecule has 1 unspecified atom stereocenters. The molecule has 1 aromatic carbocycles. The first-order valence-electron chi connectivity index (χ1n) is 7.16. The fraction of sp³-hybridized carbons (Fsp3) is 0.375. The Balaban J connectivity index is 0.00000132. The molecule has 0 spiro atoms. The predicted molar refractivity (Wildman–Crippen MR) is 99.1 cm³/mol. The van der Waals surface area contributed by atoms with Gasteiger partial charge in [0, 0.05) is 35.2 Å². The molecule has 2 aromatic rings. The fourth-order valence-electron chi connectivity index (χ4n) is 2.87. The summed E-state index contributed by atoms with van der Waals surface area (Å²) < 4.78 is 0. The number of hydrogen-bond acceptors (Lipinski definition) is 3. The maximum atomic E-state index is 12.8. The molecule has 3 rings (SSSR count). The summed E-state index contributed by atoms with van der Waals surface area (Å²) in [5, 5.41) is 1.41. The monoisotopic (exact) mass is 375 g/mol. The molecule has 23 heavy (non-hydrogen) atoms. The first-order chi connectivity index (χ1) is 10.0. The van der Waals surface area contributed by atoms with Crippen LogP contribution < -0.4 is 5.73 Å². The van der Waals surface area contributed by atoms with E-state index < -0.39 is 0 Å². The SMILES string of the molecule is Cc1cc(C(=O)N2CCCC(N)C2)c2cc(Cl)ccc2n1.Cl.Cl. The van der Waals surface area contributed by atoms with E-state index in [2.05, 4.69) is 4.98 Å². The zero-order chi connectivity index (χ0) is 15.0. The van der Waals surface area contributed by atoms with E-state index >= 15 is 0 Å². The van der Waals surface area contributed by atoms with Crippen LogP contribution in [0.3, 0.4) is 0 Å². The molecule has 1 fully saturated rings. The number of nitrogens with zero attached hydrogens (tertiary/aromatic N) is 2. The highest BCUT2D eigenvalue weighted by molar-refractivity contribution is 6.31. The van der Waals surface area contributed by atoms with Gasteiger partial charge in [-0.05, 0) is 44.0 Å². The second kappa shape index (κ2) is 8.15. The minimum absolute atomic E-state index is 0. The van der Waals surface area contributed by atoms with E-state index in [-0.39, 0.29) is 36.8 Å².